The van der Waals surface area contributed by atoms with Crippen LogP contribution >= 0.6 is 11.6 Å². The van der Waals surface area contributed by atoms with E-state index in [1.54, 1.807) is 0 Å². The van der Waals surface area contributed by atoms with Crippen LogP contribution in [0.25, 0.3) is 0 Å². The second-order valence-corrected chi connectivity index (χ2v) is 4.89. The van der Waals surface area contributed by atoms with Gasteiger partial charge >= 0.3 is 0 Å². The van der Waals surface area contributed by atoms with Crippen LogP contribution in [0, 0.1) is 12.8 Å². The Labute approximate surface area is 96.8 Å². The molecule has 0 aliphatic heterocycles. The van der Waals surface area contributed by atoms with Crippen molar-refractivity contribution in [3.05, 3.63) is 34.3 Å². The Hall–Kier alpha value is -0.530. The van der Waals surface area contributed by atoms with E-state index >= 15 is 0 Å². The average molecular weight is 224 g/mol. The summed E-state index contributed by atoms with van der Waals surface area (Å²) in [4.78, 5) is 0. The molecule has 0 aromatic heterocycles. The van der Waals surface area contributed by atoms with Crippen molar-refractivity contribution < 1.29 is 0 Å². The lowest BCUT2D eigenvalue weighted by Gasteiger charge is -2.06. The predicted octanol–water partition coefficient (Wildman–Crippen LogP) is 3.54. The monoisotopic (exact) mass is 223 g/mol. The van der Waals surface area contributed by atoms with Gasteiger partial charge in [0.2, 0.25) is 0 Å². The topological polar surface area (TPSA) is 12.0 Å². The molecule has 1 aromatic rings. The molecule has 1 aromatic carbocycles. The molecule has 0 spiro atoms. The van der Waals surface area contributed by atoms with Gasteiger partial charge < -0.3 is 5.32 Å². The Bertz CT molecular complexity index is 348. The van der Waals surface area contributed by atoms with Gasteiger partial charge in [0.15, 0.2) is 0 Å². The summed E-state index contributed by atoms with van der Waals surface area (Å²) in [5.41, 5.74) is 2.44. The maximum Gasteiger partial charge on any atom is 0.0453 e. The summed E-state index contributed by atoms with van der Waals surface area (Å²) < 4.78 is 0. The first kappa shape index (κ1) is 11.0. The molecule has 2 unspecified atom stereocenters. The average Bonchev–Trinajstić information content (AvgIpc) is 2.95. The Morgan fingerprint density at radius 3 is 2.87 bits per heavy atom. The number of aryl methyl sites for hydroxylation is 1. The van der Waals surface area contributed by atoms with Gasteiger partial charge in [0.25, 0.3) is 0 Å². The van der Waals surface area contributed by atoms with Crippen LogP contribution in [-0.2, 0) is 6.54 Å². The van der Waals surface area contributed by atoms with Crippen LogP contribution in [0.2, 0.25) is 5.02 Å². The van der Waals surface area contributed by atoms with Gasteiger partial charge in [-0.15, -0.1) is 0 Å². The van der Waals surface area contributed by atoms with Crippen LogP contribution < -0.4 is 5.32 Å². The maximum atomic E-state index is 6.16. The molecule has 0 heterocycles. The second kappa shape index (κ2) is 4.54. The lowest BCUT2D eigenvalue weighted by Crippen LogP contribution is -2.17. The van der Waals surface area contributed by atoms with Gasteiger partial charge in [-0.1, -0.05) is 37.1 Å². The molecule has 1 saturated carbocycles. The largest absolute Gasteiger partial charge is 0.310 e. The molecule has 1 fully saturated rings. The Kier molecular flexibility index (Phi) is 3.32. The Morgan fingerprint density at radius 2 is 2.27 bits per heavy atom. The SMILES string of the molecule is CCC1CC1NCc1ccc(C)cc1Cl. The molecule has 15 heavy (non-hydrogen) atoms. The molecule has 2 rings (SSSR count). The maximum absolute atomic E-state index is 6.16. The van der Waals surface area contributed by atoms with E-state index in [1.165, 1.54) is 24.0 Å². The molecule has 2 heteroatoms. The van der Waals surface area contributed by atoms with E-state index in [2.05, 4.69) is 31.3 Å². The minimum absolute atomic E-state index is 0.729. The van der Waals surface area contributed by atoms with Crippen LogP contribution in [-0.4, -0.2) is 6.04 Å². The first-order chi connectivity index (χ1) is 7.20. The zero-order chi connectivity index (χ0) is 10.8. The van der Waals surface area contributed by atoms with E-state index in [4.69, 9.17) is 11.6 Å². The number of halogens is 1. The van der Waals surface area contributed by atoms with E-state index in [-0.39, 0.29) is 0 Å². The fourth-order valence-electron chi connectivity index (χ4n) is 1.99. The highest BCUT2D eigenvalue weighted by Crippen LogP contribution is 2.33. The molecule has 1 aliphatic rings. The fourth-order valence-corrected chi connectivity index (χ4v) is 2.29. The van der Waals surface area contributed by atoms with E-state index in [1.807, 2.05) is 6.07 Å². The van der Waals surface area contributed by atoms with Crippen LogP contribution in [0.1, 0.15) is 30.9 Å². The smallest absolute Gasteiger partial charge is 0.0453 e. The molecule has 1 nitrogen and oxygen atoms in total. The highest BCUT2D eigenvalue weighted by atomic mass is 35.5. The third-order valence-electron chi connectivity index (χ3n) is 3.21. The second-order valence-electron chi connectivity index (χ2n) is 4.49. The molecule has 0 amide bonds. The minimum atomic E-state index is 0.729. The zero-order valence-electron chi connectivity index (χ0n) is 9.39. The first-order valence-electron chi connectivity index (χ1n) is 5.69. The fraction of sp³-hybridized carbons (Fsp3) is 0.538. The van der Waals surface area contributed by atoms with Crippen molar-refractivity contribution in [1.82, 2.24) is 5.32 Å². The lowest BCUT2D eigenvalue weighted by atomic mass is 10.1. The molecule has 2 atom stereocenters. The quantitative estimate of drug-likeness (QED) is 0.824. The van der Waals surface area contributed by atoms with Crippen molar-refractivity contribution in [3.8, 4) is 0 Å². The number of rotatable bonds is 4. The third kappa shape index (κ3) is 2.73. The summed E-state index contributed by atoms with van der Waals surface area (Å²) in [7, 11) is 0. The molecule has 0 radical (unpaired) electrons. The summed E-state index contributed by atoms with van der Waals surface area (Å²) in [6, 6.07) is 7.00. The van der Waals surface area contributed by atoms with Crippen molar-refractivity contribution in [2.24, 2.45) is 5.92 Å². The first-order valence-corrected chi connectivity index (χ1v) is 6.07. The van der Waals surface area contributed by atoms with Gasteiger partial charge in [-0.05, 0) is 36.5 Å². The van der Waals surface area contributed by atoms with Gasteiger partial charge in [-0.3, -0.25) is 0 Å². The molecule has 1 N–H and O–H groups in total. The summed E-state index contributed by atoms with van der Waals surface area (Å²) in [6.45, 7) is 5.22. The molecule has 0 saturated heterocycles. The van der Waals surface area contributed by atoms with E-state index < -0.39 is 0 Å². The summed E-state index contributed by atoms with van der Waals surface area (Å²) in [5.74, 6) is 0.897. The van der Waals surface area contributed by atoms with Gasteiger partial charge in [-0.25, -0.2) is 0 Å². The van der Waals surface area contributed by atoms with E-state index in [9.17, 15) is 0 Å². The van der Waals surface area contributed by atoms with Gasteiger partial charge in [0, 0.05) is 17.6 Å². The Morgan fingerprint density at radius 1 is 1.47 bits per heavy atom. The number of nitrogens with one attached hydrogen (secondary N) is 1. The molecular formula is C13H18ClN. The van der Waals surface area contributed by atoms with Crippen LogP contribution in [0.4, 0.5) is 0 Å². The van der Waals surface area contributed by atoms with Crippen molar-refractivity contribution in [2.75, 3.05) is 0 Å². The number of hydrogen-bond acceptors (Lipinski definition) is 1. The number of benzene rings is 1. The number of hydrogen-bond donors (Lipinski definition) is 1. The van der Waals surface area contributed by atoms with Crippen molar-refractivity contribution in [3.63, 3.8) is 0 Å². The van der Waals surface area contributed by atoms with E-state index in [0.29, 0.717) is 0 Å². The molecule has 82 valence electrons. The van der Waals surface area contributed by atoms with Crippen LogP contribution in [0.3, 0.4) is 0 Å². The Balaban J connectivity index is 1.88. The van der Waals surface area contributed by atoms with Crippen LogP contribution in [0.15, 0.2) is 18.2 Å². The van der Waals surface area contributed by atoms with E-state index in [0.717, 1.165) is 23.5 Å². The van der Waals surface area contributed by atoms with Gasteiger partial charge in [-0.2, -0.15) is 0 Å². The highest BCUT2D eigenvalue weighted by molar-refractivity contribution is 6.31. The van der Waals surface area contributed by atoms with Crippen molar-refractivity contribution >= 4 is 11.6 Å². The highest BCUT2D eigenvalue weighted by Gasteiger charge is 2.34. The third-order valence-corrected chi connectivity index (χ3v) is 3.56. The predicted molar refractivity (Wildman–Crippen MR) is 65.2 cm³/mol. The zero-order valence-corrected chi connectivity index (χ0v) is 10.1. The lowest BCUT2D eigenvalue weighted by molar-refractivity contribution is 0.623. The van der Waals surface area contributed by atoms with Gasteiger partial charge in [0.05, 0.1) is 0 Å². The summed E-state index contributed by atoms with van der Waals surface area (Å²) in [6.07, 6.45) is 2.62. The molecule has 0 bridgehead atoms. The molecular weight excluding hydrogens is 206 g/mol. The standard InChI is InChI=1S/C13H18ClN/c1-3-10-7-13(10)15-8-11-5-4-9(2)6-12(11)14/h4-6,10,13,15H,3,7-8H2,1-2H3. The van der Waals surface area contributed by atoms with Crippen molar-refractivity contribution in [1.29, 1.82) is 0 Å². The van der Waals surface area contributed by atoms with Gasteiger partial charge in [0.1, 0.15) is 0 Å². The summed E-state index contributed by atoms with van der Waals surface area (Å²) >= 11 is 6.16. The van der Waals surface area contributed by atoms with Crippen molar-refractivity contribution in [2.45, 2.75) is 39.3 Å². The molecule has 1 aliphatic carbocycles. The van der Waals surface area contributed by atoms with Crippen LogP contribution in [0.5, 0.6) is 0 Å². The minimum Gasteiger partial charge on any atom is -0.310 e. The normalized spacial score (nSPS) is 24.2. The summed E-state index contributed by atoms with van der Waals surface area (Å²) in [5, 5.41) is 4.44.